The molecule has 0 radical (unpaired) electrons. The van der Waals surface area contributed by atoms with E-state index in [-0.39, 0.29) is 11.4 Å². The average molecular weight is 268 g/mol. The molecule has 5 heteroatoms. The SMILES string of the molecule is CC1(C)CN(c2ccc(C(=N)N)cc2Cl)CCO1. The molecule has 1 aliphatic heterocycles. The zero-order valence-electron chi connectivity index (χ0n) is 10.7. The Morgan fingerprint density at radius 3 is 2.78 bits per heavy atom. The maximum atomic E-state index is 7.40. The molecule has 2 rings (SSSR count). The van der Waals surface area contributed by atoms with Crippen molar-refractivity contribution in [2.45, 2.75) is 19.4 Å². The maximum Gasteiger partial charge on any atom is 0.122 e. The molecule has 1 fully saturated rings. The van der Waals surface area contributed by atoms with Crippen LogP contribution >= 0.6 is 11.6 Å². The Morgan fingerprint density at radius 2 is 2.22 bits per heavy atom. The first-order valence-electron chi connectivity index (χ1n) is 5.92. The monoisotopic (exact) mass is 267 g/mol. The molecule has 0 atom stereocenters. The lowest BCUT2D eigenvalue weighted by molar-refractivity contribution is -0.0276. The Kier molecular flexibility index (Phi) is 3.50. The summed E-state index contributed by atoms with van der Waals surface area (Å²) in [7, 11) is 0. The highest BCUT2D eigenvalue weighted by molar-refractivity contribution is 6.33. The summed E-state index contributed by atoms with van der Waals surface area (Å²) in [6.45, 7) is 6.44. The van der Waals surface area contributed by atoms with Gasteiger partial charge in [0.15, 0.2) is 0 Å². The van der Waals surface area contributed by atoms with Gasteiger partial charge in [-0.25, -0.2) is 0 Å². The smallest absolute Gasteiger partial charge is 0.122 e. The van der Waals surface area contributed by atoms with Gasteiger partial charge in [-0.15, -0.1) is 0 Å². The molecule has 3 N–H and O–H groups in total. The van der Waals surface area contributed by atoms with Crippen molar-refractivity contribution in [3.05, 3.63) is 28.8 Å². The molecule has 1 aromatic rings. The van der Waals surface area contributed by atoms with E-state index in [0.717, 1.165) is 18.8 Å². The summed E-state index contributed by atoms with van der Waals surface area (Å²) in [6.07, 6.45) is 0. The minimum Gasteiger partial charge on any atom is -0.384 e. The molecule has 1 aromatic carbocycles. The number of ether oxygens (including phenoxy) is 1. The molecular weight excluding hydrogens is 250 g/mol. The van der Waals surface area contributed by atoms with Crippen LogP contribution in [-0.2, 0) is 4.74 Å². The summed E-state index contributed by atoms with van der Waals surface area (Å²) >= 11 is 6.27. The van der Waals surface area contributed by atoms with E-state index in [0.29, 0.717) is 17.2 Å². The molecule has 0 saturated carbocycles. The van der Waals surface area contributed by atoms with Crippen LogP contribution in [0.2, 0.25) is 5.02 Å². The highest BCUT2D eigenvalue weighted by Gasteiger charge is 2.28. The molecule has 1 saturated heterocycles. The van der Waals surface area contributed by atoms with Gasteiger partial charge in [-0.05, 0) is 32.0 Å². The number of nitrogens with zero attached hydrogens (tertiary/aromatic N) is 1. The average Bonchev–Trinajstić information content (AvgIpc) is 2.27. The molecular formula is C13H18ClN3O. The highest BCUT2D eigenvalue weighted by atomic mass is 35.5. The molecule has 1 aliphatic rings. The fourth-order valence-corrected chi connectivity index (χ4v) is 2.45. The number of anilines is 1. The molecule has 0 amide bonds. The molecule has 0 unspecified atom stereocenters. The summed E-state index contributed by atoms with van der Waals surface area (Å²) in [5.41, 5.74) is 6.90. The number of hydrogen-bond acceptors (Lipinski definition) is 3. The van der Waals surface area contributed by atoms with Gasteiger partial charge in [-0.3, -0.25) is 5.41 Å². The van der Waals surface area contributed by atoms with Crippen molar-refractivity contribution in [3.8, 4) is 0 Å². The van der Waals surface area contributed by atoms with E-state index < -0.39 is 0 Å². The fourth-order valence-electron chi connectivity index (χ4n) is 2.15. The van der Waals surface area contributed by atoms with Crippen molar-refractivity contribution in [3.63, 3.8) is 0 Å². The van der Waals surface area contributed by atoms with Gasteiger partial charge in [-0.2, -0.15) is 0 Å². The van der Waals surface area contributed by atoms with Crippen LogP contribution in [0.3, 0.4) is 0 Å². The van der Waals surface area contributed by atoms with Crippen LogP contribution in [-0.4, -0.2) is 31.1 Å². The van der Waals surface area contributed by atoms with Crippen LogP contribution < -0.4 is 10.6 Å². The van der Waals surface area contributed by atoms with Crippen LogP contribution in [0.1, 0.15) is 19.4 Å². The quantitative estimate of drug-likeness (QED) is 0.638. The molecule has 0 bridgehead atoms. The zero-order chi connectivity index (χ0) is 13.3. The summed E-state index contributed by atoms with van der Waals surface area (Å²) in [6, 6.07) is 5.48. The van der Waals surface area contributed by atoms with E-state index in [4.69, 9.17) is 27.5 Å². The van der Waals surface area contributed by atoms with Gasteiger partial charge in [0.2, 0.25) is 0 Å². The summed E-state index contributed by atoms with van der Waals surface area (Å²) in [5, 5.41) is 8.02. The summed E-state index contributed by atoms with van der Waals surface area (Å²) in [5.74, 6) is 0.0331. The lowest BCUT2D eigenvalue weighted by Gasteiger charge is -2.39. The largest absolute Gasteiger partial charge is 0.384 e. The predicted molar refractivity (Wildman–Crippen MR) is 74.7 cm³/mol. The lowest BCUT2D eigenvalue weighted by atomic mass is 10.1. The van der Waals surface area contributed by atoms with Gasteiger partial charge >= 0.3 is 0 Å². The third-order valence-electron chi connectivity index (χ3n) is 3.03. The van der Waals surface area contributed by atoms with Gasteiger partial charge < -0.3 is 15.4 Å². The number of nitrogens with one attached hydrogen (secondary N) is 1. The van der Waals surface area contributed by atoms with Gasteiger partial charge in [0, 0.05) is 18.7 Å². The Morgan fingerprint density at radius 1 is 1.50 bits per heavy atom. The Labute approximate surface area is 112 Å². The molecule has 98 valence electrons. The Balaban J connectivity index is 2.26. The Bertz CT molecular complexity index is 473. The van der Waals surface area contributed by atoms with Crippen LogP contribution in [0, 0.1) is 5.41 Å². The molecule has 0 spiro atoms. The minimum atomic E-state index is -0.166. The van der Waals surface area contributed by atoms with Gasteiger partial charge in [-0.1, -0.05) is 11.6 Å². The number of halogens is 1. The maximum absolute atomic E-state index is 7.40. The van der Waals surface area contributed by atoms with Crippen molar-refractivity contribution in [1.29, 1.82) is 5.41 Å². The summed E-state index contributed by atoms with van der Waals surface area (Å²) < 4.78 is 5.68. The van der Waals surface area contributed by atoms with E-state index in [1.807, 2.05) is 12.1 Å². The third-order valence-corrected chi connectivity index (χ3v) is 3.33. The van der Waals surface area contributed by atoms with E-state index in [1.54, 1.807) is 6.07 Å². The van der Waals surface area contributed by atoms with E-state index in [9.17, 15) is 0 Å². The number of hydrogen-bond donors (Lipinski definition) is 2. The van der Waals surface area contributed by atoms with Crippen LogP contribution in [0.15, 0.2) is 18.2 Å². The number of benzene rings is 1. The Hall–Kier alpha value is -1.26. The van der Waals surface area contributed by atoms with Crippen LogP contribution in [0.5, 0.6) is 0 Å². The van der Waals surface area contributed by atoms with Crippen LogP contribution in [0.4, 0.5) is 5.69 Å². The van der Waals surface area contributed by atoms with Crippen molar-refractivity contribution < 1.29 is 4.74 Å². The normalized spacial score (nSPS) is 18.7. The van der Waals surface area contributed by atoms with Gasteiger partial charge in [0.25, 0.3) is 0 Å². The van der Waals surface area contributed by atoms with Gasteiger partial charge in [0.1, 0.15) is 5.84 Å². The van der Waals surface area contributed by atoms with E-state index >= 15 is 0 Å². The van der Waals surface area contributed by atoms with E-state index in [2.05, 4.69) is 18.7 Å². The fraction of sp³-hybridized carbons (Fsp3) is 0.462. The second-order valence-corrected chi connectivity index (χ2v) is 5.52. The molecule has 0 aromatic heterocycles. The number of rotatable bonds is 2. The molecule has 0 aliphatic carbocycles. The van der Waals surface area contributed by atoms with Crippen molar-refractivity contribution in [2.24, 2.45) is 5.73 Å². The number of morpholine rings is 1. The topological polar surface area (TPSA) is 62.3 Å². The third kappa shape index (κ3) is 2.76. The predicted octanol–water partition coefficient (Wildman–Crippen LogP) is 2.24. The second kappa shape index (κ2) is 4.78. The number of nitrogen functional groups attached to an aromatic ring is 1. The number of nitrogens with two attached hydrogens (primary N) is 1. The lowest BCUT2D eigenvalue weighted by Crippen LogP contribution is -2.48. The molecule has 1 heterocycles. The van der Waals surface area contributed by atoms with E-state index in [1.165, 1.54) is 0 Å². The first-order valence-corrected chi connectivity index (χ1v) is 6.30. The highest BCUT2D eigenvalue weighted by Crippen LogP contribution is 2.30. The first-order chi connectivity index (χ1) is 8.39. The van der Waals surface area contributed by atoms with Gasteiger partial charge in [0.05, 0.1) is 22.9 Å². The standard InChI is InChI=1S/C13H18ClN3O/c1-13(2)8-17(5-6-18-13)11-4-3-9(12(15)16)7-10(11)14/h3-4,7H,5-6,8H2,1-2H3,(H3,15,16). The van der Waals surface area contributed by atoms with Crippen LogP contribution in [0.25, 0.3) is 0 Å². The second-order valence-electron chi connectivity index (χ2n) is 5.11. The first kappa shape index (κ1) is 13.2. The van der Waals surface area contributed by atoms with Crippen molar-refractivity contribution >= 4 is 23.1 Å². The number of amidine groups is 1. The van der Waals surface area contributed by atoms with Crippen molar-refractivity contribution in [2.75, 3.05) is 24.6 Å². The minimum absolute atomic E-state index is 0.0331. The van der Waals surface area contributed by atoms with Crippen molar-refractivity contribution in [1.82, 2.24) is 0 Å². The molecule has 4 nitrogen and oxygen atoms in total. The summed E-state index contributed by atoms with van der Waals surface area (Å²) in [4.78, 5) is 2.20. The zero-order valence-corrected chi connectivity index (χ0v) is 11.4. The molecule has 18 heavy (non-hydrogen) atoms.